The fraction of sp³-hybridized carbons (Fsp3) is 0.468. The van der Waals surface area contributed by atoms with Gasteiger partial charge in [-0.15, -0.1) is 40.6 Å². The Kier molecular flexibility index (Phi) is 54.0. The van der Waals surface area contributed by atoms with Crippen molar-refractivity contribution in [1.82, 2.24) is 62.6 Å². The van der Waals surface area contributed by atoms with E-state index in [2.05, 4.69) is 349 Å². The van der Waals surface area contributed by atoms with Crippen LogP contribution in [0.1, 0.15) is 297 Å². The van der Waals surface area contributed by atoms with Crippen LogP contribution in [0, 0.1) is 27.6 Å². The lowest BCUT2D eigenvalue weighted by Crippen LogP contribution is -2.31. The Morgan fingerprint density at radius 3 is 1.20 bits per heavy atom. The molecule has 8 aromatic carbocycles. The van der Waals surface area contributed by atoms with Crippen LogP contribution < -0.4 is 19.3 Å². The number of hydrogen-bond acceptors (Lipinski definition) is 18. The summed E-state index contributed by atoms with van der Waals surface area (Å²) in [5, 5.41) is 22.4. The first-order valence-corrected chi connectivity index (χ1v) is 52.8. The predicted molar refractivity (Wildman–Crippen MR) is 646 cm³/mol. The highest BCUT2D eigenvalue weighted by Gasteiger charge is 2.30. The van der Waals surface area contributed by atoms with Gasteiger partial charge in [0.1, 0.15) is 44.9 Å². The van der Waals surface area contributed by atoms with Crippen molar-refractivity contribution in [2.45, 2.75) is 336 Å². The number of aromatic nitrogens is 12. The summed E-state index contributed by atoms with van der Waals surface area (Å²) in [5.74, 6) is 7.85. The minimum atomic E-state index is -3.69. The second kappa shape index (κ2) is 59.4. The number of allylic oxidation sites excluding steroid dienone is 1. The van der Waals surface area contributed by atoms with E-state index in [9.17, 15) is 8.42 Å². The number of imidazole rings is 5. The number of thiazole rings is 2. The third-order valence-corrected chi connectivity index (χ3v) is 26.0. The van der Waals surface area contributed by atoms with E-state index in [1.54, 1.807) is 57.2 Å². The van der Waals surface area contributed by atoms with Gasteiger partial charge in [0.2, 0.25) is 10.0 Å². The summed E-state index contributed by atoms with van der Waals surface area (Å²) < 4.78 is 55.3. The standard InChI is InChI=1S/C18H25NOS.C16H21NO2S.C14H17N3.C14H20N2O.C14H18N2.C14H17NS.C13H19N3O2S.C13H18N2.8CH4/c1-18(2,3)14-19(13-16-9-7-11-21-16)12-15-8-5-6-10-17(15)20-4;1-16(2,3)9-11-10-20-15(17-11)12-7-6-8-13(18-4)14(12)19-5;1-14(2,3)13-16-11-7-4-5-8-12(11)17(13)10-6-9-15;1-14(2,3)13-15-11-7-5-6-8-12(11)16(13)9-10-17-4;1-5-10-16-12-9-7-6-8-11(12)15-13(16)14(2,3)4;1-14(2,3)9-12-10-16-13(15-12)11-7-5-4-6-8-11;1-5-16-11-7-6-9(19(14,17)18)8-10(11)15-12(16)13(2,3)4;1-5-15-11-9-7-6-8-10(11)14-12(15)13(2,3)4;;;;;;;;/h5-11H,12-14H2,1-4H3;6-8,10H,9H2,1-5H3;4-5,7-8H,6,10H2,1-3H3;5-8H,9-10H2,1-4H3;5-9H,1,10H2,2-4H3;4-8,10H,9H2,1-3H3;6-8H,5H2,1-4H3,(H2,14,17,18);6-9H,5H2,1-4H3;8*1H4. The minimum Gasteiger partial charge on any atom is -0.496 e. The van der Waals surface area contributed by atoms with E-state index in [1.807, 2.05) is 97.1 Å². The molecule has 0 aliphatic rings. The molecule has 0 radical (unpaired) electrons. The van der Waals surface area contributed by atoms with Gasteiger partial charge in [0.15, 0.2) is 11.5 Å². The number of rotatable bonds is 22. The van der Waals surface area contributed by atoms with Crippen LogP contribution in [0.3, 0.4) is 0 Å². The molecule has 2 N–H and O–H groups in total. The molecule has 21 nitrogen and oxygen atoms in total. The van der Waals surface area contributed by atoms with Crippen LogP contribution in [0.2, 0.25) is 0 Å². The van der Waals surface area contributed by atoms with Crippen LogP contribution >= 0.6 is 34.0 Å². The van der Waals surface area contributed by atoms with Gasteiger partial charge in [0.25, 0.3) is 0 Å². The van der Waals surface area contributed by atoms with Crippen molar-refractivity contribution < 1.29 is 27.4 Å². The fourth-order valence-corrected chi connectivity index (χ4v) is 19.4. The number of nitriles is 1. The van der Waals surface area contributed by atoms with E-state index in [0.717, 1.165) is 154 Å². The summed E-state index contributed by atoms with van der Waals surface area (Å²) in [6.07, 6.45) is 4.44. The highest BCUT2D eigenvalue weighted by atomic mass is 32.2. The number of sulfonamides is 1. The van der Waals surface area contributed by atoms with Gasteiger partial charge < -0.3 is 41.8 Å². The predicted octanol–water partition coefficient (Wildman–Crippen LogP) is 33.8. The molecule has 16 aromatic rings. The molecule has 8 heterocycles. The number of ether oxygens (including phenoxy) is 4. The lowest BCUT2D eigenvalue weighted by Gasteiger charge is -2.30. The second-order valence-corrected chi connectivity index (χ2v) is 48.2. The number of thiophene rings is 1. The van der Waals surface area contributed by atoms with Gasteiger partial charge in [-0.2, -0.15) is 5.26 Å². The molecule has 0 unspecified atom stereocenters. The molecule has 0 spiro atoms. The summed E-state index contributed by atoms with van der Waals surface area (Å²) in [7, 11) is 3.09. The van der Waals surface area contributed by atoms with Crippen molar-refractivity contribution in [3.63, 3.8) is 0 Å². The Balaban J connectivity index is 0.000000847. The summed E-state index contributed by atoms with van der Waals surface area (Å²) in [6, 6.07) is 68.8. The third kappa shape index (κ3) is 39.1. The van der Waals surface area contributed by atoms with Crippen molar-refractivity contribution >= 4 is 99.2 Å². The van der Waals surface area contributed by atoms with Crippen molar-refractivity contribution in [3.05, 3.63) is 280 Å². The Bertz CT molecular complexity index is 6830. The Hall–Kier alpha value is -11.5. The Morgan fingerprint density at radius 1 is 0.409 bits per heavy atom. The molecule has 0 atom stereocenters. The fourth-order valence-electron chi connectivity index (χ4n) is 16.5. The quantitative estimate of drug-likeness (QED) is 0.0621. The van der Waals surface area contributed by atoms with E-state index in [0.29, 0.717) is 30.5 Å². The number of para-hydroxylation sites is 10. The lowest BCUT2D eigenvalue weighted by atomic mass is 9.91. The molecular weight excluding hydrogens is 1920 g/mol. The second-order valence-electron chi connectivity index (χ2n) is 43.9. The molecule has 0 saturated carbocycles. The molecule has 0 bridgehead atoms. The number of nitrogens with zero attached hydrogens (tertiary/aromatic N) is 14. The van der Waals surface area contributed by atoms with Gasteiger partial charge >= 0.3 is 0 Å². The molecule has 25 heteroatoms. The first kappa shape index (κ1) is 136. The van der Waals surface area contributed by atoms with Gasteiger partial charge in [0, 0.05) is 113 Å². The van der Waals surface area contributed by atoms with Crippen LogP contribution in [0.25, 0.3) is 76.3 Å². The topological polar surface area (TPSA) is 239 Å². The molecule has 0 fully saturated rings. The molecular formula is C124H187N15O6S4. The van der Waals surface area contributed by atoms with Crippen molar-refractivity contribution in [1.29, 1.82) is 5.26 Å². The minimum absolute atomic E-state index is 0. The number of benzene rings is 8. The summed E-state index contributed by atoms with van der Waals surface area (Å²) >= 11 is 5.20. The van der Waals surface area contributed by atoms with Gasteiger partial charge in [-0.1, -0.05) is 341 Å². The van der Waals surface area contributed by atoms with Gasteiger partial charge in [-0.25, -0.2) is 48.4 Å². The van der Waals surface area contributed by atoms with E-state index in [-0.39, 0.29) is 102 Å². The third-order valence-electron chi connectivity index (χ3n) is 22.4. The van der Waals surface area contributed by atoms with Crippen LogP contribution in [-0.4, -0.2) is 113 Å². The maximum atomic E-state index is 11.4. The smallest absolute Gasteiger partial charge is 0.238 e. The van der Waals surface area contributed by atoms with Crippen molar-refractivity contribution in [2.24, 2.45) is 21.4 Å². The number of nitrogens with two attached hydrogens (primary N) is 1. The van der Waals surface area contributed by atoms with Crippen LogP contribution in [0.15, 0.2) is 234 Å². The normalized spacial score (nSPS) is 11.4. The van der Waals surface area contributed by atoms with E-state index < -0.39 is 10.0 Å². The molecule has 0 aliphatic heterocycles. The van der Waals surface area contributed by atoms with Gasteiger partial charge in [-0.05, 0) is 139 Å². The first-order valence-electron chi connectivity index (χ1n) is 48.6. The summed E-state index contributed by atoms with van der Waals surface area (Å²) in [4.78, 5) is 36.9. The average molecular weight is 2110 g/mol. The molecule has 818 valence electrons. The van der Waals surface area contributed by atoms with Crippen LogP contribution in [-0.2, 0) is 100 Å². The van der Waals surface area contributed by atoms with Gasteiger partial charge in [-0.3, -0.25) is 4.90 Å². The van der Waals surface area contributed by atoms with Crippen molar-refractivity contribution in [3.8, 4) is 44.5 Å². The molecule has 16 rings (SSSR count). The molecule has 8 aromatic heterocycles. The summed E-state index contributed by atoms with van der Waals surface area (Å²) in [6.45, 7) is 68.6. The number of fused-ring (bicyclic) bond motifs is 5. The maximum Gasteiger partial charge on any atom is 0.238 e. The lowest BCUT2D eigenvalue weighted by molar-refractivity contribution is 0.176. The largest absolute Gasteiger partial charge is 0.496 e. The van der Waals surface area contributed by atoms with E-state index in [4.69, 9.17) is 54.3 Å². The average Bonchev–Trinajstić information content (AvgIpc) is 1.50. The van der Waals surface area contributed by atoms with E-state index in [1.165, 1.54) is 56.2 Å². The number of hydrogen-bond donors (Lipinski definition) is 1. The van der Waals surface area contributed by atoms with Crippen molar-refractivity contribution in [2.75, 3.05) is 41.6 Å². The Morgan fingerprint density at radius 2 is 0.799 bits per heavy atom. The zero-order valence-corrected chi connectivity index (χ0v) is 92.7. The summed E-state index contributed by atoms with van der Waals surface area (Å²) in [5.41, 5.74) is 17.3. The number of methoxy groups -OCH3 is 4. The van der Waals surface area contributed by atoms with Crippen LogP contribution in [0.4, 0.5) is 0 Å². The van der Waals surface area contributed by atoms with Crippen LogP contribution in [0.5, 0.6) is 17.2 Å². The molecule has 0 saturated heterocycles. The molecule has 149 heavy (non-hydrogen) atoms. The molecule has 0 amide bonds. The van der Waals surface area contributed by atoms with E-state index >= 15 is 0 Å². The maximum absolute atomic E-state index is 11.4. The number of primary sulfonamides is 1. The zero-order valence-electron chi connectivity index (χ0n) is 89.5. The highest BCUT2D eigenvalue weighted by molar-refractivity contribution is 7.89. The monoisotopic (exact) mass is 2110 g/mol. The Labute approximate surface area is 911 Å². The molecule has 0 aliphatic carbocycles. The first-order chi connectivity index (χ1) is 66.3. The SMILES string of the molecule is C.C.C.C.C.C.C.C.C=CCn1c(C(C)(C)C)nc2ccccc21.CC(C)(C)Cc1csc(-c2ccccc2)n1.CC(C)(C)c1nc2ccccc2n1CCC#N.CCn1c(C(C)(C)C)nc2cc(S(N)(=O)=O)ccc21.CCn1c(C(C)(C)C)nc2ccccc21.COCCn1c(C(C)(C)C)nc2ccccc21.COc1cccc(-c2nc(CC(C)(C)C)cs2)c1OC.COc1ccccc1CN(Cc1cccs1)CC(C)(C)C. The highest BCUT2D eigenvalue weighted by Crippen LogP contribution is 2.41. The van der Waals surface area contributed by atoms with Gasteiger partial charge in [0.05, 0.1) is 117 Å². The number of aryl methyl sites for hydroxylation is 3. The zero-order chi connectivity index (χ0) is 104.